The van der Waals surface area contributed by atoms with Crippen molar-refractivity contribution in [3.8, 4) is 22.9 Å². The minimum Gasteiger partial charge on any atom is -0.496 e. The van der Waals surface area contributed by atoms with E-state index < -0.39 is 0 Å². The fourth-order valence-electron chi connectivity index (χ4n) is 3.55. The van der Waals surface area contributed by atoms with Gasteiger partial charge in [0.05, 0.1) is 26.4 Å². The number of hydrogen-bond acceptors (Lipinski definition) is 6. The molecule has 154 valence electrons. The number of aliphatic hydroxyl groups is 1. The maximum Gasteiger partial charge on any atom is 0.290 e. The first-order valence-corrected chi connectivity index (χ1v) is 9.05. The van der Waals surface area contributed by atoms with Crippen LogP contribution in [0.4, 0.5) is 0 Å². The molecule has 2 N–H and O–H groups in total. The van der Waals surface area contributed by atoms with Crippen LogP contribution in [-0.4, -0.2) is 60.3 Å². The van der Waals surface area contributed by atoms with Gasteiger partial charge in [0.2, 0.25) is 0 Å². The van der Waals surface area contributed by atoms with Gasteiger partial charge in [0, 0.05) is 43.1 Å². The summed E-state index contributed by atoms with van der Waals surface area (Å²) in [5.74, 6) is 2.38. The Morgan fingerprint density at radius 1 is 1.29 bits per heavy atom. The Hall–Kier alpha value is -2.58. The van der Waals surface area contributed by atoms with Gasteiger partial charge in [0.25, 0.3) is 6.47 Å². The monoisotopic (exact) mass is 392 g/mol. The standard InChI is InChI=1S/C19H26N2O4.CH2O2/c1-14-16(23-2)5-4-15(17(14)24-3)18-20-8-9-21(18)12-19(13-22)6-10-25-11-7-19;2-1-3/h4-5,8-9,22H,6-7,10-13H2,1-3H3;1H,(H,2,3). The lowest BCUT2D eigenvalue weighted by Crippen LogP contribution is -2.37. The third kappa shape index (κ3) is 4.63. The topological polar surface area (TPSA) is 103 Å². The molecule has 2 heterocycles. The van der Waals surface area contributed by atoms with Gasteiger partial charge in [-0.1, -0.05) is 0 Å². The summed E-state index contributed by atoms with van der Waals surface area (Å²) < 4.78 is 18.6. The Labute approximate surface area is 164 Å². The van der Waals surface area contributed by atoms with Crippen LogP contribution in [0, 0.1) is 12.3 Å². The van der Waals surface area contributed by atoms with Crippen LogP contribution in [0.25, 0.3) is 11.4 Å². The van der Waals surface area contributed by atoms with Crippen molar-refractivity contribution in [2.75, 3.05) is 34.0 Å². The van der Waals surface area contributed by atoms with Crippen molar-refractivity contribution in [1.29, 1.82) is 0 Å². The summed E-state index contributed by atoms with van der Waals surface area (Å²) in [6, 6.07) is 3.90. The molecule has 0 bridgehead atoms. The van der Waals surface area contributed by atoms with Crippen molar-refractivity contribution in [2.24, 2.45) is 5.41 Å². The minimum absolute atomic E-state index is 0.146. The van der Waals surface area contributed by atoms with E-state index in [1.807, 2.05) is 25.3 Å². The van der Waals surface area contributed by atoms with Crippen molar-refractivity contribution in [3.05, 3.63) is 30.1 Å². The molecule has 0 radical (unpaired) electrons. The molecule has 28 heavy (non-hydrogen) atoms. The van der Waals surface area contributed by atoms with Crippen molar-refractivity contribution in [2.45, 2.75) is 26.3 Å². The first kappa shape index (κ1) is 21.7. The molecule has 2 aromatic rings. The van der Waals surface area contributed by atoms with Gasteiger partial charge in [-0.05, 0) is 31.9 Å². The average Bonchev–Trinajstić information content (AvgIpc) is 3.16. The molecule has 1 aromatic heterocycles. The zero-order chi connectivity index (χ0) is 20.6. The zero-order valence-electron chi connectivity index (χ0n) is 16.6. The predicted molar refractivity (Wildman–Crippen MR) is 104 cm³/mol. The highest BCUT2D eigenvalue weighted by Crippen LogP contribution is 2.39. The predicted octanol–water partition coefficient (Wildman–Crippen LogP) is 2.37. The number of ether oxygens (including phenoxy) is 3. The third-order valence-corrected chi connectivity index (χ3v) is 5.13. The summed E-state index contributed by atoms with van der Waals surface area (Å²) in [4.78, 5) is 12.9. The van der Waals surface area contributed by atoms with Gasteiger partial charge >= 0.3 is 0 Å². The molecule has 8 heteroatoms. The van der Waals surface area contributed by atoms with Gasteiger partial charge < -0.3 is 29.0 Å². The number of carbonyl (C=O) groups is 1. The lowest BCUT2D eigenvalue weighted by Gasteiger charge is -2.36. The molecule has 0 unspecified atom stereocenters. The van der Waals surface area contributed by atoms with Gasteiger partial charge in [-0.3, -0.25) is 4.79 Å². The van der Waals surface area contributed by atoms with E-state index in [-0.39, 0.29) is 18.5 Å². The molecule has 1 aliphatic heterocycles. The van der Waals surface area contributed by atoms with Crippen LogP contribution in [0.1, 0.15) is 18.4 Å². The van der Waals surface area contributed by atoms with Crippen molar-refractivity contribution in [3.63, 3.8) is 0 Å². The van der Waals surface area contributed by atoms with E-state index in [9.17, 15) is 5.11 Å². The minimum atomic E-state index is -0.250. The second kappa shape index (κ2) is 10.1. The number of carboxylic acid groups (broad SMARTS) is 1. The second-order valence-corrected chi connectivity index (χ2v) is 6.73. The Morgan fingerprint density at radius 2 is 1.96 bits per heavy atom. The maximum atomic E-state index is 9.98. The molecule has 0 spiro atoms. The number of methoxy groups -OCH3 is 2. The molecule has 0 aliphatic carbocycles. The highest BCUT2D eigenvalue weighted by Gasteiger charge is 2.33. The lowest BCUT2D eigenvalue weighted by atomic mass is 9.81. The fraction of sp³-hybridized carbons (Fsp3) is 0.500. The number of nitrogens with zero attached hydrogens (tertiary/aromatic N) is 2. The smallest absolute Gasteiger partial charge is 0.290 e. The molecule has 3 rings (SSSR count). The number of hydrogen-bond donors (Lipinski definition) is 2. The SMILES string of the molecule is COc1ccc(-c2nccn2CC2(CO)CCOCC2)c(OC)c1C.O=CO. The Kier molecular flexibility index (Phi) is 7.83. The Morgan fingerprint density at radius 3 is 2.54 bits per heavy atom. The molecule has 0 atom stereocenters. The molecule has 0 amide bonds. The van der Waals surface area contributed by atoms with Gasteiger partial charge in [-0.25, -0.2) is 4.98 Å². The largest absolute Gasteiger partial charge is 0.496 e. The van der Waals surface area contributed by atoms with Crippen LogP contribution >= 0.6 is 0 Å². The second-order valence-electron chi connectivity index (χ2n) is 6.73. The van der Waals surface area contributed by atoms with E-state index in [1.54, 1.807) is 20.4 Å². The molecule has 1 aromatic carbocycles. The van der Waals surface area contributed by atoms with E-state index in [0.29, 0.717) is 19.8 Å². The fourth-order valence-corrected chi connectivity index (χ4v) is 3.55. The highest BCUT2D eigenvalue weighted by atomic mass is 16.5. The maximum absolute atomic E-state index is 9.98. The Bertz CT molecular complexity index is 768. The first-order valence-electron chi connectivity index (χ1n) is 9.05. The highest BCUT2D eigenvalue weighted by molar-refractivity contribution is 5.69. The summed E-state index contributed by atoms with van der Waals surface area (Å²) >= 11 is 0. The van der Waals surface area contributed by atoms with Crippen LogP contribution in [0.15, 0.2) is 24.5 Å². The van der Waals surface area contributed by atoms with Gasteiger partial charge in [-0.15, -0.1) is 0 Å². The van der Waals surface area contributed by atoms with Crippen molar-refractivity contribution < 1.29 is 29.2 Å². The number of aliphatic hydroxyl groups excluding tert-OH is 1. The summed E-state index contributed by atoms with van der Waals surface area (Å²) in [6.45, 7) is 3.95. The van der Waals surface area contributed by atoms with Gasteiger partial charge in [-0.2, -0.15) is 0 Å². The van der Waals surface area contributed by atoms with E-state index in [1.165, 1.54) is 0 Å². The summed E-state index contributed by atoms with van der Waals surface area (Å²) in [5.41, 5.74) is 1.70. The van der Waals surface area contributed by atoms with Gasteiger partial charge in [0.15, 0.2) is 0 Å². The Balaban J connectivity index is 0.000000878. The molecule has 1 fully saturated rings. The van der Waals surface area contributed by atoms with E-state index in [2.05, 4.69) is 9.55 Å². The van der Waals surface area contributed by atoms with E-state index in [0.717, 1.165) is 41.3 Å². The number of aromatic nitrogens is 2. The number of rotatable bonds is 6. The first-order chi connectivity index (χ1) is 13.6. The van der Waals surface area contributed by atoms with Crippen LogP contribution in [-0.2, 0) is 16.1 Å². The molecule has 1 saturated heterocycles. The quantitative estimate of drug-likeness (QED) is 0.728. The van der Waals surface area contributed by atoms with Gasteiger partial charge in [0.1, 0.15) is 17.3 Å². The molecule has 0 saturated carbocycles. The average molecular weight is 392 g/mol. The van der Waals surface area contributed by atoms with Crippen molar-refractivity contribution in [1.82, 2.24) is 9.55 Å². The van der Waals surface area contributed by atoms with Crippen LogP contribution in [0.5, 0.6) is 11.5 Å². The zero-order valence-corrected chi connectivity index (χ0v) is 16.6. The number of benzene rings is 1. The summed E-state index contributed by atoms with van der Waals surface area (Å²) in [6.07, 6.45) is 5.44. The normalized spacial score (nSPS) is 15.3. The van der Waals surface area contributed by atoms with E-state index >= 15 is 0 Å². The molecular weight excluding hydrogens is 364 g/mol. The molecule has 8 nitrogen and oxygen atoms in total. The molecular formula is C20H28N2O6. The molecule has 1 aliphatic rings. The number of imidazole rings is 1. The van der Waals surface area contributed by atoms with Crippen LogP contribution < -0.4 is 9.47 Å². The third-order valence-electron chi connectivity index (χ3n) is 5.13. The van der Waals surface area contributed by atoms with Crippen LogP contribution in [0.3, 0.4) is 0 Å². The van der Waals surface area contributed by atoms with Crippen LogP contribution in [0.2, 0.25) is 0 Å². The lowest BCUT2D eigenvalue weighted by molar-refractivity contribution is -0.122. The summed E-state index contributed by atoms with van der Waals surface area (Å²) in [5, 5.41) is 16.9. The van der Waals surface area contributed by atoms with E-state index in [4.69, 9.17) is 24.1 Å². The summed E-state index contributed by atoms with van der Waals surface area (Å²) in [7, 11) is 3.31. The van der Waals surface area contributed by atoms with Crippen molar-refractivity contribution >= 4 is 6.47 Å².